The maximum atomic E-state index is 14.0. The number of rotatable bonds is 3. The largest absolute Gasteiger partial charge is 0.508 e. The molecule has 180 valence electrons. The van der Waals surface area contributed by atoms with Crippen molar-refractivity contribution in [1.82, 2.24) is 14.7 Å². The smallest absolute Gasteiger partial charge is 0.420 e. The minimum Gasteiger partial charge on any atom is -0.508 e. The van der Waals surface area contributed by atoms with Crippen molar-refractivity contribution in [3.05, 3.63) is 71.4 Å². The van der Waals surface area contributed by atoms with Gasteiger partial charge in [0.05, 0.1) is 11.6 Å². The summed E-state index contributed by atoms with van der Waals surface area (Å²) < 4.78 is 67.9. The van der Waals surface area contributed by atoms with Gasteiger partial charge in [0.2, 0.25) is 0 Å². The van der Waals surface area contributed by atoms with E-state index >= 15 is 0 Å². The van der Waals surface area contributed by atoms with Crippen LogP contribution in [0, 0.1) is 17.0 Å². The number of carbonyl (C=O) groups excluding carboxylic acids is 1. The normalized spacial score (nSPS) is 17.5. The molecule has 1 aliphatic carbocycles. The molecule has 0 radical (unpaired) electrons. The second-order valence-corrected chi connectivity index (χ2v) is 8.91. The molecule has 0 bridgehead atoms. The number of alkyl halides is 3. The van der Waals surface area contributed by atoms with Crippen molar-refractivity contribution < 1.29 is 31.9 Å². The summed E-state index contributed by atoms with van der Waals surface area (Å²) in [5, 5.41) is 12.9. The van der Waals surface area contributed by atoms with E-state index in [1.807, 2.05) is 7.05 Å². The molecule has 2 fully saturated rings. The number of aldehydes is 1. The summed E-state index contributed by atoms with van der Waals surface area (Å²) in [4.78, 5) is 12.2. The van der Waals surface area contributed by atoms with Gasteiger partial charge >= 0.3 is 6.18 Å². The van der Waals surface area contributed by atoms with Gasteiger partial charge in [-0.1, -0.05) is 12.1 Å². The second kappa shape index (κ2) is 8.83. The van der Waals surface area contributed by atoms with Crippen LogP contribution in [0.25, 0.3) is 11.3 Å². The number of aromatic nitrogens is 2. The van der Waals surface area contributed by atoms with E-state index in [1.54, 1.807) is 0 Å². The lowest BCUT2D eigenvalue weighted by atomic mass is 9.61. The quantitative estimate of drug-likeness (QED) is 0.408. The summed E-state index contributed by atoms with van der Waals surface area (Å²) in [5.74, 6) is -1.42. The number of halogens is 5. The van der Waals surface area contributed by atoms with Gasteiger partial charge in [-0.15, -0.1) is 0 Å². The summed E-state index contributed by atoms with van der Waals surface area (Å²) in [5.41, 5.74) is -1.20. The molecular formula is C24H22F5N3O2. The fourth-order valence-electron chi connectivity index (χ4n) is 4.74. The van der Waals surface area contributed by atoms with Crippen LogP contribution in [0.4, 0.5) is 22.0 Å². The van der Waals surface area contributed by atoms with Gasteiger partial charge in [0.25, 0.3) is 0 Å². The van der Waals surface area contributed by atoms with Crippen molar-refractivity contribution in [1.29, 1.82) is 0 Å². The lowest BCUT2D eigenvalue weighted by Gasteiger charge is -2.58. The number of likely N-dealkylation sites (tertiary alicyclic amines) is 1. The zero-order valence-electron chi connectivity index (χ0n) is 18.2. The van der Waals surface area contributed by atoms with Crippen LogP contribution in [-0.4, -0.2) is 46.2 Å². The van der Waals surface area contributed by atoms with Crippen LogP contribution in [0.2, 0.25) is 0 Å². The molecule has 1 saturated heterocycles. The Labute approximate surface area is 192 Å². The molecular weight excluding hydrogens is 457 g/mol. The van der Waals surface area contributed by atoms with Crippen molar-refractivity contribution in [2.24, 2.45) is 5.41 Å². The molecule has 5 rings (SSSR count). The van der Waals surface area contributed by atoms with Gasteiger partial charge in [0, 0.05) is 24.8 Å². The summed E-state index contributed by atoms with van der Waals surface area (Å²) >= 11 is 0. The fourth-order valence-corrected chi connectivity index (χ4v) is 4.74. The first-order valence-corrected chi connectivity index (χ1v) is 10.5. The predicted octanol–water partition coefficient (Wildman–Crippen LogP) is 5.32. The Hall–Kier alpha value is -3.27. The van der Waals surface area contributed by atoms with Crippen LogP contribution >= 0.6 is 0 Å². The van der Waals surface area contributed by atoms with Crippen molar-refractivity contribution in [2.75, 3.05) is 20.1 Å². The number of phenolic OH excluding ortho intramolecular Hbond substituents is 1. The molecule has 1 spiro atoms. The van der Waals surface area contributed by atoms with Gasteiger partial charge in [0.15, 0.2) is 6.29 Å². The molecule has 10 heteroatoms. The standard InChI is InChI=1S/C17H17F4N3.C7H5FO2/c1-23-9-16(10-23)6-11(7-16)24-8-13(17(19,20)21)15(22-24)12-4-2-3-5-14(12)18;8-7-2-1-6(10)3-5(7)4-9/h2-5,8,11H,6-7,9-10H2,1H3;1-4,10H. The molecule has 1 N–H and O–H groups in total. The Morgan fingerprint density at radius 3 is 2.32 bits per heavy atom. The first-order valence-electron chi connectivity index (χ1n) is 10.5. The molecule has 34 heavy (non-hydrogen) atoms. The number of carbonyl (C=O) groups is 1. The SMILES string of the molecule is CN1CC2(CC(n3cc(C(F)(F)F)c(-c4ccccc4F)n3)C2)C1.O=Cc1cc(O)ccc1F. The van der Waals surface area contributed by atoms with Gasteiger partial charge in [-0.2, -0.15) is 18.3 Å². The lowest BCUT2D eigenvalue weighted by molar-refractivity contribution is -0.137. The number of nitrogens with zero attached hydrogens (tertiary/aromatic N) is 3. The Balaban J connectivity index is 0.000000231. The van der Waals surface area contributed by atoms with E-state index < -0.39 is 23.4 Å². The molecule has 2 aromatic carbocycles. The van der Waals surface area contributed by atoms with Crippen molar-refractivity contribution in [2.45, 2.75) is 25.1 Å². The Morgan fingerprint density at radius 1 is 1.09 bits per heavy atom. The molecule has 0 unspecified atom stereocenters. The van der Waals surface area contributed by atoms with Crippen LogP contribution in [0.3, 0.4) is 0 Å². The Morgan fingerprint density at radius 2 is 1.76 bits per heavy atom. The maximum Gasteiger partial charge on any atom is 0.420 e. The molecule has 1 saturated carbocycles. The van der Waals surface area contributed by atoms with Crippen molar-refractivity contribution in [3.8, 4) is 17.0 Å². The lowest BCUT2D eigenvalue weighted by Crippen LogP contribution is -2.60. The summed E-state index contributed by atoms with van der Waals surface area (Å²) in [7, 11) is 2.03. The zero-order valence-corrected chi connectivity index (χ0v) is 18.2. The van der Waals surface area contributed by atoms with Crippen LogP contribution in [0.15, 0.2) is 48.7 Å². The summed E-state index contributed by atoms with van der Waals surface area (Å²) in [6.07, 6.45) is -1.52. The number of hydrogen-bond donors (Lipinski definition) is 1. The fraction of sp³-hybridized carbons (Fsp3) is 0.333. The molecule has 5 nitrogen and oxygen atoms in total. The van der Waals surface area contributed by atoms with E-state index in [4.69, 9.17) is 5.11 Å². The Kier molecular flexibility index (Phi) is 6.20. The third-order valence-corrected chi connectivity index (χ3v) is 6.19. The monoisotopic (exact) mass is 479 g/mol. The van der Waals surface area contributed by atoms with E-state index in [2.05, 4.69) is 10.00 Å². The highest BCUT2D eigenvalue weighted by Crippen LogP contribution is 2.54. The molecule has 3 aromatic rings. The zero-order chi connectivity index (χ0) is 24.7. The number of phenols is 1. The van der Waals surface area contributed by atoms with Crippen molar-refractivity contribution in [3.63, 3.8) is 0 Å². The van der Waals surface area contributed by atoms with Gasteiger partial charge in [-0.3, -0.25) is 9.48 Å². The first kappa shape index (κ1) is 23.9. The second-order valence-electron chi connectivity index (χ2n) is 8.91. The average molecular weight is 479 g/mol. The van der Waals surface area contributed by atoms with Gasteiger partial charge in [-0.25, -0.2) is 8.78 Å². The van der Waals surface area contributed by atoms with Crippen LogP contribution in [0.5, 0.6) is 5.75 Å². The van der Waals surface area contributed by atoms with Crippen LogP contribution in [0.1, 0.15) is 34.8 Å². The minimum atomic E-state index is -4.56. The van der Waals surface area contributed by atoms with Crippen LogP contribution in [-0.2, 0) is 6.18 Å². The highest BCUT2D eigenvalue weighted by atomic mass is 19.4. The van der Waals surface area contributed by atoms with Gasteiger partial charge in [0.1, 0.15) is 28.6 Å². The van der Waals surface area contributed by atoms with E-state index in [0.29, 0.717) is 6.29 Å². The molecule has 2 aliphatic rings. The highest BCUT2D eigenvalue weighted by molar-refractivity contribution is 5.75. The van der Waals surface area contributed by atoms with Gasteiger partial charge in [-0.05, 0) is 55.6 Å². The molecule has 0 amide bonds. The molecule has 1 aliphatic heterocycles. The van der Waals surface area contributed by atoms with E-state index in [0.717, 1.165) is 50.3 Å². The van der Waals surface area contributed by atoms with Gasteiger partial charge < -0.3 is 10.0 Å². The van der Waals surface area contributed by atoms with Crippen molar-refractivity contribution >= 4 is 6.29 Å². The highest BCUT2D eigenvalue weighted by Gasteiger charge is 2.52. The van der Waals surface area contributed by atoms with Crippen LogP contribution < -0.4 is 0 Å². The van der Waals surface area contributed by atoms with E-state index in [-0.39, 0.29) is 34.0 Å². The number of benzene rings is 2. The third kappa shape index (κ3) is 4.68. The molecule has 1 aromatic heterocycles. The molecule has 0 atom stereocenters. The number of hydrogen-bond acceptors (Lipinski definition) is 4. The topological polar surface area (TPSA) is 58.4 Å². The third-order valence-electron chi connectivity index (χ3n) is 6.19. The van der Waals surface area contributed by atoms with E-state index in [9.17, 15) is 26.7 Å². The predicted molar refractivity (Wildman–Crippen MR) is 114 cm³/mol. The molecule has 2 heterocycles. The Bertz CT molecular complexity index is 1190. The minimum absolute atomic E-state index is 0.0414. The first-order chi connectivity index (χ1) is 16.0. The summed E-state index contributed by atoms with van der Waals surface area (Å²) in [6, 6.07) is 8.70. The number of aromatic hydroxyl groups is 1. The summed E-state index contributed by atoms with van der Waals surface area (Å²) in [6.45, 7) is 1.97. The average Bonchev–Trinajstić information content (AvgIpc) is 3.17. The van der Waals surface area contributed by atoms with E-state index in [1.165, 1.54) is 28.9 Å². The maximum absolute atomic E-state index is 14.0.